The van der Waals surface area contributed by atoms with Crippen molar-refractivity contribution in [3.05, 3.63) is 61.3 Å². The number of hydrogen-bond acceptors (Lipinski definition) is 13. The molecule has 3 aliphatic heterocycles. The summed E-state index contributed by atoms with van der Waals surface area (Å²) in [5.74, 6) is -5.22. The van der Waals surface area contributed by atoms with Gasteiger partial charge in [-0.1, -0.05) is 54.7 Å². The number of allylic oxidation sites excluding steroid dienone is 6. The van der Waals surface area contributed by atoms with Crippen molar-refractivity contribution in [2.75, 3.05) is 0 Å². The van der Waals surface area contributed by atoms with Gasteiger partial charge in [0.05, 0.1) is 42.7 Å². The molecule has 3 aliphatic rings. The Bertz CT molecular complexity index is 1190. The van der Waals surface area contributed by atoms with Gasteiger partial charge in [0, 0.05) is 39.0 Å². The van der Waals surface area contributed by atoms with Crippen LogP contribution in [-0.2, 0) is 33.3 Å². The Balaban J connectivity index is 1.74. The van der Waals surface area contributed by atoms with E-state index in [4.69, 9.17) is 29.4 Å². The third kappa shape index (κ3) is 12.0. The highest BCUT2D eigenvalue weighted by Gasteiger charge is 2.51. The summed E-state index contributed by atoms with van der Waals surface area (Å²) in [4.78, 5) is 23.3. The molecule has 3 unspecified atom stereocenters. The van der Waals surface area contributed by atoms with E-state index in [9.17, 15) is 40.2 Å². The Morgan fingerprint density at radius 1 is 1.04 bits per heavy atom. The third-order valence-corrected chi connectivity index (χ3v) is 8.45. The minimum absolute atomic E-state index is 0.184. The highest BCUT2D eigenvalue weighted by atomic mass is 16.7. The number of aliphatic hydroxyl groups is 5. The Labute approximate surface area is 280 Å². The van der Waals surface area contributed by atoms with Crippen LogP contribution >= 0.6 is 0 Å². The van der Waals surface area contributed by atoms with Crippen molar-refractivity contribution in [1.82, 2.24) is 0 Å². The summed E-state index contributed by atoms with van der Waals surface area (Å²) in [6.07, 6.45) is 4.56. The zero-order valence-electron chi connectivity index (χ0n) is 27.6. The van der Waals surface area contributed by atoms with Gasteiger partial charge < -0.3 is 60.1 Å². The van der Waals surface area contributed by atoms with Crippen molar-refractivity contribution in [1.29, 1.82) is 0 Å². The average Bonchev–Trinajstić information content (AvgIpc) is 3.74. The second-order valence-electron chi connectivity index (χ2n) is 12.6. The maximum Gasteiger partial charge on any atom is 0.311 e. The minimum atomic E-state index is -2.06. The van der Waals surface area contributed by atoms with Crippen LogP contribution in [0.15, 0.2) is 61.3 Å². The van der Waals surface area contributed by atoms with Crippen LogP contribution in [-0.4, -0.2) is 122 Å². The molecule has 0 bridgehead atoms. The van der Waals surface area contributed by atoms with E-state index in [2.05, 4.69) is 6.58 Å². The van der Waals surface area contributed by atoms with Gasteiger partial charge in [-0.2, -0.15) is 0 Å². The molecule has 3 fully saturated rings. The number of nitrogens with two attached hydrogens (primary N) is 1. The topological polar surface area (TPSA) is 231 Å². The monoisotopic (exact) mass is 681 g/mol. The van der Waals surface area contributed by atoms with Crippen LogP contribution in [0.25, 0.3) is 0 Å². The lowest BCUT2D eigenvalue weighted by molar-refractivity contribution is -0.308. The Hall–Kier alpha value is -2.76. The molecule has 0 aromatic carbocycles. The molecule has 14 nitrogen and oxygen atoms in total. The van der Waals surface area contributed by atoms with Gasteiger partial charge in [-0.15, -0.1) is 6.58 Å². The average molecular weight is 682 g/mol. The van der Waals surface area contributed by atoms with Crippen LogP contribution in [0, 0.1) is 5.92 Å². The summed E-state index contributed by atoms with van der Waals surface area (Å²) < 4.78 is 28.1. The SMILES string of the molecule is C=C[C@H]1O[C@@H]1C[C@H](O)C[C@]1(O)C[C@H](O)[C@@H](C(=O)O)[C@H](C[C@H](/C=C/C=C/C=C/C=C/C[C@@H](C)OC(C)=O)O[C@@H]2OC(C)[C@@H](N)C(O)C2O)O1. The molecule has 3 heterocycles. The van der Waals surface area contributed by atoms with E-state index in [1.54, 1.807) is 62.5 Å². The summed E-state index contributed by atoms with van der Waals surface area (Å²) in [7, 11) is 0. The van der Waals surface area contributed by atoms with Crippen molar-refractivity contribution in [2.24, 2.45) is 11.7 Å². The quantitative estimate of drug-likeness (QED) is 0.0486. The number of esters is 1. The number of carbonyl (C=O) groups is 2. The number of aliphatic carboxylic acids is 1. The van der Waals surface area contributed by atoms with Gasteiger partial charge in [0.2, 0.25) is 0 Å². The first-order valence-corrected chi connectivity index (χ1v) is 16.2. The number of epoxide rings is 1. The van der Waals surface area contributed by atoms with E-state index in [1.165, 1.54) is 6.92 Å². The molecule has 3 rings (SSSR count). The van der Waals surface area contributed by atoms with Gasteiger partial charge in [0.1, 0.15) is 30.3 Å². The third-order valence-electron chi connectivity index (χ3n) is 8.45. The Kier molecular flexibility index (Phi) is 15.1. The van der Waals surface area contributed by atoms with Gasteiger partial charge in [-0.3, -0.25) is 9.59 Å². The minimum Gasteiger partial charge on any atom is -0.481 e. The molecule has 3 saturated heterocycles. The number of carboxylic acid groups (broad SMARTS) is 1. The lowest BCUT2D eigenvalue weighted by atomic mass is 9.83. The van der Waals surface area contributed by atoms with E-state index in [1.807, 2.05) is 6.08 Å². The molecule has 48 heavy (non-hydrogen) atoms. The van der Waals surface area contributed by atoms with Crippen molar-refractivity contribution >= 4 is 11.9 Å². The van der Waals surface area contributed by atoms with Crippen LogP contribution in [0.2, 0.25) is 0 Å². The molecule has 0 aromatic heterocycles. The van der Waals surface area contributed by atoms with E-state index in [-0.39, 0.29) is 43.5 Å². The normalized spacial score (nSPS) is 37.6. The number of carboxylic acids is 1. The number of ether oxygens (including phenoxy) is 5. The fourth-order valence-electron chi connectivity index (χ4n) is 5.89. The summed E-state index contributed by atoms with van der Waals surface area (Å²) in [5.41, 5.74) is 5.91. The highest BCUT2D eigenvalue weighted by molar-refractivity contribution is 5.71. The van der Waals surface area contributed by atoms with Crippen molar-refractivity contribution in [2.45, 2.75) is 132 Å². The van der Waals surface area contributed by atoms with Gasteiger partial charge in [-0.25, -0.2) is 0 Å². The molecule has 0 saturated carbocycles. The van der Waals surface area contributed by atoms with Crippen LogP contribution < -0.4 is 5.73 Å². The van der Waals surface area contributed by atoms with E-state index < -0.39 is 79.2 Å². The fourth-order valence-corrected chi connectivity index (χ4v) is 5.89. The number of hydrogen-bond donors (Lipinski definition) is 7. The molecule has 270 valence electrons. The van der Waals surface area contributed by atoms with Crippen LogP contribution in [0.3, 0.4) is 0 Å². The fraction of sp³-hybridized carbons (Fsp3) is 0.647. The number of rotatable bonds is 17. The van der Waals surface area contributed by atoms with E-state index in [0.717, 1.165) is 0 Å². The second-order valence-corrected chi connectivity index (χ2v) is 12.6. The molecule has 14 atom stereocenters. The van der Waals surface area contributed by atoms with Gasteiger partial charge in [-0.05, 0) is 13.8 Å². The lowest BCUT2D eigenvalue weighted by Gasteiger charge is -2.45. The summed E-state index contributed by atoms with van der Waals surface area (Å²) in [6.45, 7) is 8.39. The maximum atomic E-state index is 12.3. The van der Waals surface area contributed by atoms with Gasteiger partial charge >= 0.3 is 11.9 Å². The summed E-state index contributed by atoms with van der Waals surface area (Å²) >= 11 is 0. The zero-order valence-corrected chi connectivity index (χ0v) is 27.6. The molecule has 0 aromatic rings. The lowest BCUT2D eigenvalue weighted by Crippen LogP contribution is -2.61. The molecule has 0 spiro atoms. The summed E-state index contributed by atoms with van der Waals surface area (Å²) in [5, 5.41) is 63.8. The molecule has 8 N–H and O–H groups in total. The van der Waals surface area contributed by atoms with Crippen LogP contribution in [0.1, 0.15) is 52.9 Å². The van der Waals surface area contributed by atoms with Gasteiger partial charge in [0.15, 0.2) is 12.1 Å². The van der Waals surface area contributed by atoms with Crippen LogP contribution in [0.5, 0.6) is 0 Å². The number of aliphatic hydroxyl groups excluding tert-OH is 4. The second kappa shape index (κ2) is 18.3. The van der Waals surface area contributed by atoms with Crippen molar-refractivity contribution < 1.29 is 63.9 Å². The first-order valence-electron chi connectivity index (χ1n) is 16.2. The van der Waals surface area contributed by atoms with Crippen molar-refractivity contribution in [3.63, 3.8) is 0 Å². The van der Waals surface area contributed by atoms with Gasteiger partial charge in [0.25, 0.3) is 0 Å². The highest BCUT2D eigenvalue weighted by Crippen LogP contribution is 2.39. The van der Waals surface area contributed by atoms with Crippen LogP contribution in [0.4, 0.5) is 0 Å². The van der Waals surface area contributed by atoms with Crippen molar-refractivity contribution in [3.8, 4) is 0 Å². The molecule has 0 radical (unpaired) electrons. The first-order chi connectivity index (χ1) is 22.6. The van der Waals surface area contributed by atoms with E-state index >= 15 is 0 Å². The standard InChI is InChI=1S/C34H51NO13/c1-5-25-26(47-25)15-22(37)17-34(43)18-24(38)28(32(41)42)27(48-34)16-23(46-33-31(40)30(39)29(35)20(3)45-33)14-12-10-8-6-7-9-11-13-19(2)44-21(4)36/h5-12,14,19-20,22-31,33,37-40,43H,1,13,15-18,35H2,2-4H3,(H,41,42)/b7-6+,10-8+,11-9+,14-12+/t19-,20?,22+,23+,24+,25-,26-,27+,28-,29-,30?,31?,33+,34-/m1/s1. The maximum absolute atomic E-state index is 12.3. The Morgan fingerprint density at radius 3 is 2.33 bits per heavy atom. The van der Waals surface area contributed by atoms with E-state index in [0.29, 0.717) is 6.42 Å². The molecular weight excluding hydrogens is 630 g/mol. The molecular formula is C34H51NO13. The number of carbonyl (C=O) groups excluding carboxylic acids is 1. The molecule has 14 heteroatoms. The predicted octanol–water partition coefficient (Wildman–Crippen LogP) is 0.756. The molecule has 0 aliphatic carbocycles. The summed E-state index contributed by atoms with van der Waals surface area (Å²) in [6, 6.07) is -0.875. The Morgan fingerprint density at radius 2 is 1.71 bits per heavy atom. The predicted molar refractivity (Wildman–Crippen MR) is 172 cm³/mol. The first kappa shape index (κ1) is 39.7. The zero-order chi connectivity index (χ0) is 35.6. The smallest absolute Gasteiger partial charge is 0.311 e. The largest absolute Gasteiger partial charge is 0.481 e. The molecule has 0 amide bonds.